The number of anilines is 1. The van der Waals surface area contributed by atoms with Crippen molar-refractivity contribution < 1.29 is 4.79 Å². The largest absolute Gasteiger partial charge is 0.325 e. The molecular weight excluding hydrogens is 357 g/mol. The van der Waals surface area contributed by atoms with Crippen LogP contribution in [0.2, 0.25) is 0 Å². The number of carbonyl (C=O) groups excluding carboxylic acids is 1. The van der Waals surface area contributed by atoms with Gasteiger partial charge < -0.3 is 11.1 Å². The average Bonchev–Trinajstić information content (AvgIpc) is 2.47. The molecule has 1 saturated heterocycles. The van der Waals surface area contributed by atoms with E-state index in [0.29, 0.717) is 0 Å². The first-order valence-electron chi connectivity index (χ1n) is 8.63. The Balaban J connectivity index is 0.00000288. The lowest BCUT2D eigenvalue weighted by atomic mass is 9.87. The standard InChI is InChI=1S/C19H31N3O.2ClH/c1-14-6-5-11-22(12-14)13-15-7-9-16(10-8-15)21-18(23)17(20)19(2,3)4;;/h7-10,14,17H,5-6,11-13,20H2,1-4H3,(H,21,23);2*1H/t14?,17-;;/m1../s1. The summed E-state index contributed by atoms with van der Waals surface area (Å²) in [5, 5.41) is 2.91. The Kier molecular flexibility index (Phi) is 10.0. The predicted octanol–water partition coefficient (Wildman–Crippen LogP) is 4.07. The summed E-state index contributed by atoms with van der Waals surface area (Å²) >= 11 is 0. The Morgan fingerprint density at radius 2 is 1.88 bits per heavy atom. The zero-order chi connectivity index (χ0) is 17.0. The summed E-state index contributed by atoms with van der Waals surface area (Å²) in [5.74, 6) is 0.663. The summed E-state index contributed by atoms with van der Waals surface area (Å²) in [6.07, 6.45) is 2.63. The Morgan fingerprint density at radius 3 is 2.40 bits per heavy atom. The van der Waals surface area contributed by atoms with Crippen molar-refractivity contribution in [2.24, 2.45) is 17.1 Å². The van der Waals surface area contributed by atoms with Crippen molar-refractivity contribution in [3.8, 4) is 0 Å². The van der Waals surface area contributed by atoms with Crippen LogP contribution < -0.4 is 11.1 Å². The predicted molar refractivity (Wildman–Crippen MR) is 111 cm³/mol. The van der Waals surface area contributed by atoms with Gasteiger partial charge in [0.2, 0.25) is 5.91 Å². The first-order chi connectivity index (χ1) is 10.8. The summed E-state index contributed by atoms with van der Waals surface area (Å²) in [6.45, 7) is 11.6. The quantitative estimate of drug-likeness (QED) is 0.815. The molecule has 0 radical (unpaired) electrons. The van der Waals surface area contributed by atoms with Gasteiger partial charge in [-0.2, -0.15) is 0 Å². The second-order valence-corrected chi connectivity index (χ2v) is 8.01. The minimum Gasteiger partial charge on any atom is -0.325 e. The molecule has 1 aromatic carbocycles. The van der Waals surface area contributed by atoms with Gasteiger partial charge in [0.25, 0.3) is 0 Å². The Bertz CT molecular complexity index is 528. The van der Waals surface area contributed by atoms with Gasteiger partial charge in [-0.25, -0.2) is 0 Å². The maximum absolute atomic E-state index is 12.2. The van der Waals surface area contributed by atoms with Crippen LogP contribution in [0.1, 0.15) is 46.1 Å². The molecule has 1 aliphatic rings. The van der Waals surface area contributed by atoms with Gasteiger partial charge in [0.1, 0.15) is 0 Å². The zero-order valence-corrected chi connectivity index (χ0v) is 17.4. The number of likely N-dealkylation sites (tertiary alicyclic amines) is 1. The molecule has 2 atom stereocenters. The molecule has 1 fully saturated rings. The van der Waals surface area contributed by atoms with Crippen molar-refractivity contribution in [2.75, 3.05) is 18.4 Å². The van der Waals surface area contributed by atoms with Gasteiger partial charge in [0, 0.05) is 18.8 Å². The van der Waals surface area contributed by atoms with Crippen LogP contribution in [-0.4, -0.2) is 29.9 Å². The molecule has 144 valence electrons. The highest BCUT2D eigenvalue weighted by Crippen LogP contribution is 2.21. The molecule has 3 N–H and O–H groups in total. The maximum atomic E-state index is 12.2. The molecule has 2 rings (SSSR count). The first-order valence-corrected chi connectivity index (χ1v) is 8.63. The van der Waals surface area contributed by atoms with Crippen molar-refractivity contribution in [1.82, 2.24) is 4.90 Å². The smallest absolute Gasteiger partial charge is 0.241 e. The van der Waals surface area contributed by atoms with E-state index in [9.17, 15) is 4.79 Å². The minimum absolute atomic E-state index is 0. The number of carbonyl (C=O) groups is 1. The van der Waals surface area contributed by atoms with E-state index < -0.39 is 6.04 Å². The third-order valence-corrected chi connectivity index (χ3v) is 4.58. The molecule has 0 saturated carbocycles. The lowest BCUT2D eigenvalue weighted by Crippen LogP contribution is -2.45. The van der Waals surface area contributed by atoms with Gasteiger partial charge in [-0.05, 0) is 48.4 Å². The molecule has 0 bridgehead atoms. The highest BCUT2D eigenvalue weighted by molar-refractivity contribution is 5.95. The second kappa shape index (κ2) is 10.4. The highest BCUT2D eigenvalue weighted by atomic mass is 35.5. The van der Waals surface area contributed by atoms with Gasteiger partial charge in [0.05, 0.1) is 6.04 Å². The second-order valence-electron chi connectivity index (χ2n) is 8.01. The molecule has 0 spiro atoms. The molecule has 6 heteroatoms. The zero-order valence-electron chi connectivity index (χ0n) is 15.7. The van der Waals surface area contributed by atoms with E-state index in [-0.39, 0.29) is 36.1 Å². The number of rotatable bonds is 4. The SMILES string of the molecule is CC1CCCN(Cc2ccc(NC(=O)[C@@H](N)C(C)(C)C)cc2)C1.Cl.Cl. The molecule has 1 unspecified atom stereocenters. The van der Waals surface area contributed by atoms with Crippen LogP contribution in [0.4, 0.5) is 5.69 Å². The first kappa shape index (κ1) is 24.2. The molecule has 0 aromatic heterocycles. The number of piperidine rings is 1. The molecular formula is C19H33Cl2N3O. The van der Waals surface area contributed by atoms with Gasteiger partial charge in [-0.1, -0.05) is 39.8 Å². The van der Waals surface area contributed by atoms with Crippen molar-refractivity contribution in [3.05, 3.63) is 29.8 Å². The van der Waals surface area contributed by atoms with Crippen LogP contribution in [0, 0.1) is 11.3 Å². The van der Waals surface area contributed by atoms with Crippen LogP contribution in [0.5, 0.6) is 0 Å². The third kappa shape index (κ3) is 7.53. The number of nitrogens with one attached hydrogen (secondary N) is 1. The van der Waals surface area contributed by atoms with E-state index in [1.54, 1.807) is 0 Å². The number of nitrogens with zero attached hydrogens (tertiary/aromatic N) is 1. The lowest BCUT2D eigenvalue weighted by Gasteiger charge is -2.30. The molecule has 1 amide bonds. The highest BCUT2D eigenvalue weighted by Gasteiger charge is 2.27. The lowest BCUT2D eigenvalue weighted by molar-refractivity contribution is -0.119. The van der Waals surface area contributed by atoms with Crippen molar-refractivity contribution in [3.63, 3.8) is 0 Å². The molecule has 25 heavy (non-hydrogen) atoms. The van der Waals surface area contributed by atoms with E-state index in [0.717, 1.165) is 18.2 Å². The summed E-state index contributed by atoms with van der Waals surface area (Å²) in [4.78, 5) is 14.7. The van der Waals surface area contributed by atoms with Crippen molar-refractivity contribution >= 4 is 36.4 Å². The van der Waals surface area contributed by atoms with E-state index in [1.807, 2.05) is 32.9 Å². The number of hydrogen-bond acceptors (Lipinski definition) is 3. The van der Waals surface area contributed by atoms with Crippen LogP contribution in [0.3, 0.4) is 0 Å². The number of halogens is 2. The molecule has 1 aromatic rings. The van der Waals surface area contributed by atoms with E-state index in [4.69, 9.17) is 5.73 Å². The van der Waals surface area contributed by atoms with Crippen molar-refractivity contribution in [2.45, 2.75) is 53.1 Å². The fraction of sp³-hybridized carbons (Fsp3) is 0.632. The van der Waals surface area contributed by atoms with E-state index in [1.165, 1.54) is 31.5 Å². The fourth-order valence-corrected chi connectivity index (χ4v) is 3.00. The number of amides is 1. The van der Waals surface area contributed by atoms with Gasteiger partial charge >= 0.3 is 0 Å². The number of hydrogen-bond donors (Lipinski definition) is 2. The van der Waals surface area contributed by atoms with E-state index >= 15 is 0 Å². The Labute approximate surface area is 164 Å². The summed E-state index contributed by atoms with van der Waals surface area (Å²) in [6, 6.07) is 7.61. The fourth-order valence-electron chi connectivity index (χ4n) is 3.00. The number of benzene rings is 1. The topological polar surface area (TPSA) is 58.4 Å². The molecule has 4 nitrogen and oxygen atoms in total. The van der Waals surface area contributed by atoms with Crippen LogP contribution in [-0.2, 0) is 11.3 Å². The summed E-state index contributed by atoms with van der Waals surface area (Å²) in [7, 11) is 0. The van der Waals surface area contributed by atoms with Gasteiger partial charge in [-0.15, -0.1) is 24.8 Å². The Morgan fingerprint density at radius 1 is 1.28 bits per heavy atom. The van der Waals surface area contributed by atoms with Crippen molar-refractivity contribution in [1.29, 1.82) is 0 Å². The van der Waals surface area contributed by atoms with Gasteiger partial charge in [0.15, 0.2) is 0 Å². The monoisotopic (exact) mass is 389 g/mol. The molecule has 1 heterocycles. The number of nitrogens with two attached hydrogens (primary N) is 1. The minimum atomic E-state index is -0.517. The van der Waals surface area contributed by atoms with Crippen LogP contribution in [0.25, 0.3) is 0 Å². The summed E-state index contributed by atoms with van der Waals surface area (Å²) < 4.78 is 0. The summed E-state index contributed by atoms with van der Waals surface area (Å²) in [5.41, 5.74) is 7.85. The maximum Gasteiger partial charge on any atom is 0.241 e. The van der Waals surface area contributed by atoms with Crippen LogP contribution >= 0.6 is 24.8 Å². The Hall–Kier alpha value is -0.810. The third-order valence-electron chi connectivity index (χ3n) is 4.58. The van der Waals surface area contributed by atoms with E-state index in [2.05, 4.69) is 29.3 Å². The normalized spacial score (nSPS) is 19.3. The van der Waals surface area contributed by atoms with Gasteiger partial charge in [-0.3, -0.25) is 9.69 Å². The average molecular weight is 390 g/mol. The van der Waals surface area contributed by atoms with Crippen LogP contribution in [0.15, 0.2) is 24.3 Å². The molecule has 1 aliphatic heterocycles. The molecule has 0 aliphatic carbocycles.